The van der Waals surface area contributed by atoms with Crippen LogP contribution in [0.4, 0.5) is 0 Å². The zero-order valence-electron chi connectivity index (χ0n) is 7.49. The molecule has 13 heavy (non-hydrogen) atoms. The predicted octanol–water partition coefficient (Wildman–Crippen LogP) is -0.909. The number of carbonyl (C=O) groups is 2. The van der Waals surface area contributed by atoms with Crippen LogP contribution in [-0.4, -0.2) is 43.7 Å². The second-order valence-electron chi connectivity index (χ2n) is 2.39. The van der Waals surface area contributed by atoms with E-state index in [1.165, 1.54) is 0 Å². The predicted molar refractivity (Wildman–Crippen MR) is 46.2 cm³/mol. The van der Waals surface area contributed by atoms with E-state index in [9.17, 15) is 9.59 Å². The van der Waals surface area contributed by atoms with Gasteiger partial charge in [-0.3, -0.25) is 4.79 Å². The lowest BCUT2D eigenvalue weighted by Crippen LogP contribution is -2.27. The topological polar surface area (TPSA) is 75.6 Å². The molecule has 0 saturated heterocycles. The third-order valence-electron chi connectivity index (χ3n) is 1.29. The highest BCUT2D eigenvalue weighted by Gasteiger charge is 1.98. The lowest BCUT2D eigenvalue weighted by molar-refractivity contribution is -0.122. The summed E-state index contributed by atoms with van der Waals surface area (Å²) in [6.07, 6.45) is 1.19. The maximum absolute atomic E-state index is 10.9. The summed E-state index contributed by atoms with van der Waals surface area (Å²) in [6, 6.07) is 0. The van der Waals surface area contributed by atoms with Crippen molar-refractivity contribution in [3.05, 3.63) is 0 Å². The minimum absolute atomic E-state index is 0.0148. The summed E-state index contributed by atoms with van der Waals surface area (Å²) in [5.41, 5.74) is 0. The van der Waals surface area contributed by atoms with E-state index in [1.807, 2.05) is 0 Å². The summed E-state index contributed by atoms with van der Waals surface area (Å²) >= 11 is 0. The Hall–Kier alpha value is -0.940. The number of ether oxygens (including phenoxy) is 1. The number of hydrogen-bond donors (Lipinski definition) is 2. The Morgan fingerprint density at radius 1 is 1.46 bits per heavy atom. The van der Waals surface area contributed by atoms with E-state index in [0.29, 0.717) is 19.4 Å². The van der Waals surface area contributed by atoms with Gasteiger partial charge in [-0.1, -0.05) is 0 Å². The number of aliphatic hydroxyl groups is 1. The average Bonchev–Trinajstić information content (AvgIpc) is 2.14. The number of aldehydes is 1. The Balaban J connectivity index is 3.12. The molecule has 0 aliphatic rings. The molecule has 0 heterocycles. The van der Waals surface area contributed by atoms with Gasteiger partial charge in [0.15, 0.2) is 0 Å². The minimum atomic E-state index is -0.153. The van der Waals surface area contributed by atoms with Crippen LogP contribution in [0.2, 0.25) is 0 Å². The van der Waals surface area contributed by atoms with Crippen LogP contribution in [0.25, 0.3) is 0 Å². The minimum Gasteiger partial charge on any atom is -0.394 e. The molecule has 1 amide bonds. The van der Waals surface area contributed by atoms with Crippen LogP contribution >= 0.6 is 0 Å². The molecule has 0 aromatic heterocycles. The summed E-state index contributed by atoms with van der Waals surface area (Å²) in [6.45, 7) is 1.06. The van der Waals surface area contributed by atoms with E-state index in [4.69, 9.17) is 9.84 Å². The molecule has 0 aliphatic carbocycles. The van der Waals surface area contributed by atoms with Crippen LogP contribution in [0.5, 0.6) is 0 Å². The number of amides is 1. The first-order valence-corrected chi connectivity index (χ1v) is 4.20. The van der Waals surface area contributed by atoms with Crippen molar-refractivity contribution >= 4 is 12.2 Å². The fourth-order valence-electron chi connectivity index (χ4n) is 0.708. The Bertz CT molecular complexity index is 149. The van der Waals surface area contributed by atoms with Crippen molar-refractivity contribution in [2.45, 2.75) is 12.8 Å². The largest absolute Gasteiger partial charge is 0.394 e. The molecule has 2 N–H and O–H groups in total. The van der Waals surface area contributed by atoms with Crippen molar-refractivity contribution in [1.29, 1.82) is 0 Å². The molecule has 0 fully saturated rings. The fraction of sp³-hybridized carbons (Fsp3) is 0.750. The van der Waals surface area contributed by atoms with E-state index in [1.54, 1.807) is 0 Å². The Morgan fingerprint density at radius 2 is 2.23 bits per heavy atom. The molecule has 0 radical (unpaired) electrons. The summed E-state index contributed by atoms with van der Waals surface area (Å²) in [5.74, 6) is -0.153. The molecule has 0 bridgehead atoms. The van der Waals surface area contributed by atoms with Crippen LogP contribution in [0.3, 0.4) is 0 Å². The maximum atomic E-state index is 10.9. The van der Waals surface area contributed by atoms with Gasteiger partial charge in [-0.2, -0.15) is 0 Å². The van der Waals surface area contributed by atoms with Gasteiger partial charge in [-0.05, 0) is 0 Å². The van der Waals surface area contributed by atoms with Gasteiger partial charge in [0.25, 0.3) is 0 Å². The first-order valence-electron chi connectivity index (χ1n) is 4.20. The Kier molecular flexibility index (Phi) is 8.49. The molecule has 0 unspecified atom stereocenters. The Morgan fingerprint density at radius 3 is 2.85 bits per heavy atom. The van der Waals surface area contributed by atoms with Crippen LogP contribution < -0.4 is 5.32 Å². The third-order valence-corrected chi connectivity index (χ3v) is 1.29. The SMILES string of the molecule is O=CCCC(=O)NCCOCCO. The second kappa shape index (κ2) is 9.15. The van der Waals surface area contributed by atoms with E-state index in [2.05, 4.69) is 5.32 Å². The van der Waals surface area contributed by atoms with Gasteiger partial charge in [0, 0.05) is 19.4 Å². The maximum Gasteiger partial charge on any atom is 0.220 e. The monoisotopic (exact) mass is 189 g/mol. The standard InChI is InChI=1S/C8H15NO4/c10-4-1-2-8(12)9-3-6-13-7-5-11/h4,11H,1-3,5-7H2,(H,9,12). The van der Waals surface area contributed by atoms with Crippen LogP contribution in [-0.2, 0) is 14.3 Å². The zero-order chi connectivity index (χ0) is 9.94. The number of hydrogen-bond acceptors (Lipinski definition) is 4. The molecular formula is C8H15NO4. The number of nitrogens with one attached hydrogen (secondary N) is 1. The van der Waals surface area contributed by atoms with Crippen molar-refractivity contribution in [2.75, 3.05) is 26.4 Å². The molecule has 5 heteroatoms. The summed E-state index contributed by atoms with van der Waals surface area (Å²) in [5, 5.41) is 10.9. The highest BCUT2D eigenvalue weighted by molar-refractivity contribution is 5.77. The first-order chi connectivity index (χ1) is 6.31. The molecule has 0 aromatic rings. The van der Waals surface area contributed by atoms with Crippen molar-refractivity contribution in [2.24, 2.45) is 0 Å². The zero-order valence-corrected chi connectivity index (χ0v) is 7.49. The van der Waals surface area contributed by atoms with Crippen LogP contribution in [0, 0.1) is 0 Å². The van der Waals surface area contributed by atoms with E-state index < -0.39 is 0 Å². The molecule has 0 atom stereocenters. The molecule has 5 nitrogen and oxygen atoms in total. The van der Waals surface area contributed by atoms with Gasteiger partial charge in [0.1, 0.15) is 6.29 Å². The van der Waals surface area contributed by atoms with Crippen molar-refractivity contribution in [1.82, 2.24) is 5.32 Å². The van der Waals surface area contributed by atoms with Crippen LogP contribution in [0.1, 0.15) is 12.8 Å². The van der Waals surface area contributed by atoms with Gasteiger partial charge in [0.2, 0.25) is 5.91 Å². The number of rotatable bonds is 8. The summed E-state index contributed by atoms with van der Waals surface area (Å²) < 4.78 is 4.90. The molecule has 0 spiro atoms. The molecule has 0 aliphatic heterocycles. The third kappa shape index (κ3) is 8.97. The van der Waals surface area contributed by atoms with Gasteiger partial charge >= 0.3 is 0 Å². The molecule has 0 rings (SSSR count). The normalized spacial score (nSPS) is 9.62. The van der Waals surface area contributed by atoms with Gasteiger partial charge < -0.3 is 20.0 Å². The van der Waals surface area contributed by atoms with Gasteiger partial charge in [0.05, 0.1) is 19.8 Å². The summed E-state index contributed by atoms with van der Waals surface area (Å²) in [7, 11) is 0. The fourth-order valence-corrected chi connectivity index (χ4v) is 0.708. The molecule has 0 saturated carbocycles. The highest BCUT2D eigenvalue weighted by Crippen LogP contribution is 1.83. The van der Waals surface area contributed by atoms with Crippen molar-refractivity contribution in [3.63, 3.8) is 0 Å². The number of carbonyl (C=O) groups excluding carboxylic acids is 2. The lowest BCUT2D eigenvalue weighted by Gasteiger charge is -2.03. The smallest absolute Gasteiger partial charge is 0.220 e. The van der Waals surface area contributed by atoms with Crippen molar-refractivity contribution in [3.8, 4) is 0 Å². The Labute approximate surface area is 77.1 Å². The van der Waals surface area contributed by atoms with Gasteiger partial charge in [-0.15, -0.1) is 0 Å². The van der Waals surface area contributed by atoms with E-state index in [0.717, 1.165) is 0 Å². The molecule has 76 valence electrons. The molecular weight excluding hydrogens is 174 g/mol. The van der Waals surface area contributed by atoms with E-state index >= 15 is 0 Å². The average molecular weight is 189 g/mol. The quantitative estimate of drug-likeness (QED) is 0.383. The summed E-state index contributed by atoms with van der Waals surface area (Å²) in [4.78, 5) is 20.8. The lowest BCUT2D eigenvalue weighted by atomic mass is 10.3. The van der Waals surface area contributed by atoms with E-state index in [-0.39, 0.29) is 32.0 Å². The van der Waals surface area contributed by atoms with Crippen molar-refractivity contribution < 1.29 is 19.4 Å². The second-order valence-corrected chi connectivity index (χ2v) is 2.39. The first kappa shape index (κ1) is 12.1. The molecule has 0 aromatic carbocycles. The number of aliphatic hydroxyl groups excluding tert-OH is 1. The van der Waals surface area contributed by atoms with Gasteiger partial charge in [-0.25, -0.2) is 0 Å². The van der Waals surface area contributed by atoms with Crippen LogP contribution in [0.15, 0.2) is 0 Å². The highest BCUT2D eigenvalue weighted by atomic mass is 16.5.